The van der Waals surface area contributed by atoms with Crippen LogP contribution in [0.1, 0.15) is 40.0 Å². The van der Waals surface area contributed by atoms with Crippen LogP contribution >= 0.6 is 0 Å². The van der Waals surface area contributed by atoms with Crippen molar-refractivity contribution in [3.8, 4) is 5.75 Å². The van der Waals surface area contributed by atoms with Crippen molar-refractivity contribution < 1.29 is 14.6 Å². The summed E-state index contributed by atoms with van der Waals surface area (Å²) in [5.41, 5.74) is -0.425. The average Bonchev–Trinajstić information content (AvgIpc) is 2.50. The summed E-state index contributed by atoms with van der Waals surface area (Å²) in [4.78, 5) is 20.5. The molecule has 1 aromatic heterocycles. The highest BCUT2D eigenvalue weighted by Gasteiger charge is 2.32. The predicted molar refractivity (Wildman–Crippen MR) is 96.8 cm³/mol. The predicted octanol–water partition coefficient (Wildman–Crippen LogP) is 3.26. The number of hydrogen-bond donors (Lipinski definition) is 1. The Morgan fingerprint density at radius 1 is 1.24 bits per heavy atom. The molecule has 2 aliphatic heterocycles. The maximum absolute atomic E-state index is 12.1. The molecule has 6 nitrogen and oxygen atoms in total. The number of ether oxygens (including phenoxy) is 1. The lowest BCUT2D eigenvalue weighted by Gasteiger charge is -2.43. The number of nitrogens with zero attached hydrogens (tertiary/aromatic N) is 3. The van der Waals surface area contributed by atoms with E-state index in [1.54, 1.807) is 6.07 Å². The highest BCUT2D eigenvalue weighted by Crippen LogP contribution is 2.32. The third-order valence-electron chi connectivity index (χ3n) is 4.95. The molecule has 0 bridgehead atoms. The number of likely N-dealkylation sites (tertiary alicyclic amines) is 1. The molecule has 0 aromatic carbocycles. The van der Waals surface area contributed by atoms with Crippen LogP contribution in [-0.2, 0) is 4.74 Å². The molecular formula is C19H29N3O3. The fraction of sp³-hybridized carbons (Fsp3) is 0.684. The van der Waals surface area contributed by atoms with Crippen LogP contribution in [0.2, 0.25) is 0 Å². The van der Waals surface area contributed by atoms with Crippen LogP contribution in [0.5, 0.6) is 5.75 Å². The molecule has 1 amide bonds. The van der Waals surface area contributed by atoms with Crippen molar-refractivity contribution in [3.63, 3.8) is 0 Å². The van der Waals surface area contributed by atoms with E-state index in [1.165, 1.54) is 12.6 Å². The molecule has 0 saturated carbocycles. The van der Waals surface area contributed by atoms with E-state index in [0.717, 1.165) is 44.8 Å². The number of carbonyl (C=O) groups excluding carboxylic acids is 1. The zero-order chi connectivity index (χ0) is 18.0. The molecule has 0 radical (unpaired) electrons. The second kappa shape index (κ2) is 7.10. The Balaban J connectivity index is 1.38. The summed E-state index contributed by atoms with van der Waals surface area (Å²) < 4.78 is 5.45. The van der Waals surface area contributed by atoms with Gasteiger partial charge in [-0.25, -0.2) is 9.78 Å². The zero-order valence-electron chi connectivity index (χ0n) is 15.4. The highest BCUT2D eigenvalue weighted by molar-refractivity contribution is 5.68. The molecule has 6 heteroatoms. The Kier molecular flexibility index (Phi) is 5.06. The van der Waals surface area contributed by atoms with Gasteiger partial charge in [-0.05, 0) is 64.0 Å². The molecule has 0 atom stereocenters. The van der Waals surface area contributed by atoms with E-state index in [-0.39, 0.29) is 11.8 Å². The van der Waals surface area contributed by atoms with Crippen molar-refractivity contribution in [2.45, 2.75) is 45.6 Å². The first-order valence-corrected chi connectivity index (χ1v) is 9.18. The van der Waals surface area contributed by atoms with Gasteiger partial charge < -0.3 is 19.6 Å². The van der Waals surface area contributed by atoms with Crippen LogP contribution in [0.3, 0.4) is 0 Å². The molecule has 2 fully saturated rings. The monoisotopic (exact) mass is 347 g/mol. The molecule has 2 aliphatic rings. The Bertz CT molecular complexity index is 583. The lowest BCUT2D eigenvalue weighted by atomic mass is 9.83. The van der Waals surface area contributed by atoms with E-state index in [2.05, 4.69) is 9.88 Å². The first kappa shape index (κ1) is 17.8. The molecule has 0 aliphatic carbocycles. The molecule has 1 N–H and O–H groups in total. The molecule has 3 heterocycles. The lowest BCUT2D eigenvalue weighted by molar-refractivity contribution is 0.0174. The van der Waals surface area contributed by atoms with Gasteiger partial charge >= 0.3 is 6.09 Å². The standard InChI is InChI=1S/C19H29N3O3/c1-19(2,3)25-18(24)21-8-6-14(7-9-21)10-15-12-22(13-15)17-5-4-16(23)11-20-17/h4-5,11,14-15,23H,6-10,12-13H2,1-3H3. The van der Waals surface area contributed by atoms with E-state index in [1.807, 2.05) is 31.7 Å². The van der Waals surface area contributed by atoms with Gasteiger partial charge in [0, 0.05) is 26.2 Å². The minimum Gasteiger partial charge on any atom is -0.506 e. The summed E-state index contributed by atoms with van der Waals surface area (Å²) in [7, 11) is 0. The number of aromatic hydroxyl groups is 1. The molecule has 3 rings (SSSR count). The summed E-state index contributed by atoms with van der Waals surface area (Å²) >= 11 is 0. The number of carbonyl (C=O) groups is 1. The van der Waals surface area contributed by atoms with E-state index in [4.69, 9.17) is 4.74 Å². The van der Waals surface area contributed by atoms with Crippen LogP contribution in [0, 0.1) is 11.8 Å². The van der Waals surface area contributed by atoms with Gasteiger partial charge in [0.25, 0.3) is 0 Å². The second-order valence-corrected chi connectivity index (χ2v) is 8.29. The lowest BCUT2D eigenvalue weighted by Crippen LogP contribution is -2.49. The normalized spacial score (nSPS) is 19.6. The van der Waals surface area contributed by atoms with Crippen molar-refractivity contribution in [1.82, 2.24) is 9.88 Å². The van der Waals surface area contributed by atoms with Gasteiger partial charge in [-0.3, -0.25) is 0 Å². The number of piperidine rings is 1. The third kappa shape index (κ3) is 4.77. The SMILES string of the molecule is CC(C)(C)OC(=O)N1CCC(CC2CN(c3ccc(O)cn3)C2)CC1. The van der Waals surface area contributed by atoms with Crippen LogP contribution in [-0.4, -0.2) is 52.9 Å². The van der Waals surface area contributed by atoms with Gasteiger partial charge in [0.05, 0.1) is 6.20 Å². The minimum absolute atomic E-state index is 0.181. The summed E-state index contributed by atoms with van der Waals surface area (Å²) in [6, 6.07) is 3.55. The molecule has 0 spiro atoms. The van der Waals surface area contributed by atoms with Gasteiger partial charge in [0.1, 0.15) is 17.2 Å². The summed E-state index contributed by atoms with van der Waals surface area (Å²) in [5.74, 6) is 2.54. The maximum Gasteiger partial charge on any atom is 0.410 e. The Labute approximate surface area is 149 Å². The van der Waals surface area contributed by atoms with Crippen LogP contribution in [0.15, 0.2) is 18.3 Å². The van der Waals surface area contributed by atoms with E-state index < -0.39 is 5.60 Å². The Morgan fingerprint density at radius 2 is 1.92 bits per heavy atom. The van der Waals surface area contributed by atoms with Crippen LogP contribution in [0.4, 0.5) is 10.6 Å². The Morgan fingerprint density at radius 3 is 2.48 bits per heavy atom. The summed E-state index contributed by atoms with van der Waals surface area (Å²) in [6.45, 7) is 9.38. The Hall–Kier alpha value is -1.98. The number of hydrogen-bond acceptors (Lipinski definition) is 5. The molecule has 138 valence electrons. The number of pyridine rings is 1. The average molecular weight is 347 g/mol. The van der Waals surface area contributed by atoms with Crippen molar-refractivity contribution in [2.75, 3.05) is 31.1 Å². The molecule has 25 heavy (non-hydrogen) atoms. The molecule has 0 unspecified atom stereocenters. The van der Waals surface area contributed by atoms with Crippen molar-refractivity contribution >= 4 is 11.9 Å². The number of rotatable bonds is 3. The maximum atomic E-state index is 12.1. The third-order valence-corrected chi connectivity index (χ3v) is 4.95. The minimum atomic E-state index is -0.425. The topological polar surface area (TPSA) is 65.9 Å². The largest absolute Gasteiger partial charge is 0.506 e. The quantitative estimate of drug-likeness (QED) is 0.909. The first-order chi connectivity index (χ1) is 11.8. The number of anilines is 1. The van der Waals surface area contributed by atoms with E-state index in [9.17, 15) is 9.90 Å². The molecule has 2 saturated heterocycles. The molecule has 1 aromatic rings. The van der Waals surface area contributed by atoms with Gasteiger partial charge in [0.2, 0.25) is 0 Å². The van der Waals surface area contributed by atoms with Gasteiger partial charge in [-0.15, -0.1) is 0 Å². The number of amides is 1. The zero-order valence-corrected chi connectivity index (χ0v) is 15.4. The van der Waals surface area contributed by atoms with Crippen LogP contribution in [0.25, 0.3) is 0 Å². The smallest absolute Gasteiger partial charge is 0.410 e. The summed E-state index contributed by atoms with van der Waals surface area (Å²) in [6.07, 6.45) is 4.66. The van der Waals surface area contributed by atoms with Crippen molar-refractivity contribution in [2.24, 2.45) is 11.8 Å². The highest BCUT2D eigenvalue weighted by atomic mass is 16.6. The summed E-state index contributed by atoms with van der Waals surface area (Å²) in [5, 5.41) is 9.30. The first-order valence-electron chi connectivity index (χ1n) is 9.18. The fourth-order valence-corrected chi connectivity index (χ4v) is 3.62. The number of aromatic nitrogens is 1. The van der Waals surface area contributed by atoms with Crippen molar-refractivity contribution in [1.29, 1.82) is 0 Å². The second-order valence-electron chi connectivity index (χ2n) is 8.29. The van der Waals surface area contributed by atoms with Gasteiger partial charge in [-0.2, -0.15) is 0 Å². The van der Waals surface area contributed by atoms with Crippen LogP contribution < -0.4 is 4.90 Å². The van der Waals surface area contributed by atoms with Gasteiger partial charge in [-0.1, -0.05) is 0 Å². The molecular weight excluding hydrogens is 318 g/mol. The van der Waals surface area contributed by atoms with E-state index in [0.29, 0.717) is 11.8 Å². The fourth-order valence-electron chi connectivity index (χ4n) is 3.62. The van der Waals surface area contributed by atoms with Gasteiger partial charge in [0.15, 0.2) is 0 Å². The van der Waals surface area contributed by atoms with Crippen molar-refractivity contribution in [3.05, 3.63) is 18.3 Å². The van der Waals surface area contributed by atoms with E-state index >= 15 is 0 Å².